The molecule has 0 aromatic heterocycles. The first-order chi connectivity index (χ1) is 9.97. The zero-order valence-electron chi connectivity index (χ0n) is 11.1. The van der Waals surface area contributed by atoms with Crippen LogP contribution >= 0.6 is 39.1 Å². The first-order valence-corrected chi connectivity index (χ1v) is 7.65. The minimum Gasteiger partial charge on any atom is -0.481 e. The second-order valence-corrected chi connectivity index (χ2v) is 6.04. The normalized spacial score (nSPS) is 10.3. The van der Waals surface area contributed by atoms with Crippen molar-refractivity contribution in [2.24, 2.45) is 0 Å². The van der Waals surface area contributed by atoms with E-state index in [1.807, 2.05) is 25.1 Å². The molecule has 0 fully saturated rings. The first-order valence-electron chi connectivity index (χ1n) is 6.10. The fraction of sp³-hybridized carbons (Fsp3) is 0.133. The maximum absolute atomic E-state index is 11.9. The predicted molar refractivity (Wildman–Crippen MR) is 89.5 cm³/mol. The fourth-order valence-corrected chi connectivity index (χ4v) is 2.76. The van der Waals surface area contributed by atoms with Crippen molar-refractivity contribution in [1.29, 1.82) is 0 Å². The van der Waals surface area contributed by atoms with E-state index in [9.17, 15) is 4.79 Å². The number of rotatable bonds is 4. The van der Waals surface area contributed by atoms with E-state index in [1.54, 1.807) is 18.2 Å². The number of nitrogens with one attached hydrogen (secondary N) is 1. The van der Waals surface area contributed by atoms with Gasteiger partial charge in [-0.25, -0.2) is 0 Å². The highest BCUT2D eigenvalue weighted by Crippen LogP contribution is 2.32. The van der Waals surface area contributed by atoms with Crippen molar-refractivity contribution in [3.63, 3.8) is 0 Å². The Kier molecular flexibility index (Phi) is 5.51. The second kappa shape index (κ2) is 7.16. The third-order valence-corrected chi connectivity index (χ3v) is 3.92. The zero-order valence-corrected chi connectivity index (χ0v) is 14.2. The number of hydrogen-bond donors (Lipinski definition) is 1. The van der Waals surface area contributed by atoms with Gasteiger partial charge in [0, 0.05) is 4.47 Å². The van der Waals surface area contributed by atoms with Crippen molar-refractivity contribution in [1.82, 2.24) is 0 Å². The highest BCUT2D eigenvalue weighted by molar-refractivity contribution is 9.10. The summed E-state index contributed by atoms with van der Waals surface area (Å²) in [5, 5.41) is 3.48. The highest BCUT2D eigenvalue weighted by Gasteiger charge is 2.10. The fourth-order valence-electron chi connectivity index (χ4n) is 1.67. The molecular weight excluding hydrogens is 377 g/mol. The highest BCUT2D eigenvalue weighted by atomic mass is 79.9. The van der Waals surface area contributed by atoms with Gasteiger partial charge in [0.2, 0.25) is 0 Å². The molecule has 0 heterocycles. The third kappa shape index (κ3) is 4.37. The van der Waals surface area contributed by atoms with E-state index in [0.29, 0.717) is 21.5 Å². The lowest BCUT2D eigenvalue weighted by molar-refractivity contribution is -0.118. The summed E-state index contributed by atoms with van der Waals surface area (Å²) in [5.74, 6) is 0.00879. The van der Waals surface area contributed by atoms with Crippen LogP contribution in [0.25, 0.3) is 0 Å². The van der Waals surface area contributed by atoms with Crippen LogP contribution in [0.1, 0.15) is 5.56 Å². The van der Waals surface area contributed by atoms with E-state index in [0.717, 1.165) is 10.0 Å². The second-order valence-electron chi connectivity index (χ2n) is 4.37. The van der Waals surface area contributed by atoms with Crippen LogP contribution in [0.4, 0.5) is 5.69 Å². The Bertz CT molecular complexity index is 656. The van der Waals surface area contributed by atoms with Gasteiger partial charge in [-0.1, -0.05) is 35.3 Å². The van der Waals surface area contributed by atoms with Gasteiger partial charge in [0.15, 0.2) is 12.4 Å². The van der Waals surface area contributed by atoms with E-state index in [2.05, 4.69) is 21.2 Å². The Morgan fingerprint density at radius 2 is 1.90 bits per heavy atom. The molecule has 0 aliphatic rings. The molecule has 0 atom stereocenters. The standard InChI is InChI=1S/C15H12BrCl2NO2/c1-9-5-6-13(10(16)7-9)19-14(20)8-21-15-11(17)3-2-4-12(15)18/h2-7H,8H2,1H3,(H,19,20). The molecule has 0 radical (unpaired) electrons. The molecule has 0 spiro atoms. The molecule has 0 unspecified atom stereocenters. The predicted octanol–water partition coefficient (Wildman–Crippen LogP) is 5.08. The van der Waals surface area contributed by atoms with Crippen LogP contribution in [0, 0.1) is 6.92 Å². The average molecular weight is 389 g/mol. The lowest BCUT2D eigenvalue weighted by Gasteiger charge is -2.11. The van der Waals surface area contributed by atoms with Gasteiger partial charge >= 0.3 is 0 Å². The van der Waals surface area contributed by atoms with Crippen molar-refractivity contribution in [3.05, 3.63) is 56.5 Å². The smallest absolute Gasteiger partial charge is 0.262 e. The number of para-hydroxylation sites is 1. The van der Waals surface area contributed by atoms with Crippen LogP contribution in [0.3, 0.4) is 0 Å². The molecule has 0 aliphatic carbocycles. The number of benzene rings is 2. The summed E-state index contributed by atoms with van der Waals surface area (Å²) in [4.78, 5) is 11.9. The van der Waals surface area contributed by atoms with Gasteiger partial charge < -0.3 is 10.1 Å². The number of aryl methyl sites for hydroxylation is 1. The van der Waals surface area contributed by atoms with Gasteiger partial charge in [-0.2, -0.15) is 0 Å². The van der Waals surface area contributed by atoms with Crippen LogP contribution in [0.5, 0.6) is 5.75 Å². The molecule has 6 heteroatoms. The number of carbonyl (C=O) groups excluding carboxylic acids is 1. The molecule has 2 aromatic carbocycles. The third-order valence-electron chi connectivity index (χ3n) is 2.67. The maximum atomic E-state index is 11.9. The largest absolute Gasteiger partial charge is 0.481 e. The van der Waals surface area contributed by atoms with Crippen LogP contribution in [-0.2, 0) is 4.79 Å². The Hall–Kier alpha value is -1.23. The summed E-state index contributed by atoms with van der Waals surface area (Å²) >= 11 is 15.3. The van der Waals surface area contributed by atoms with Crippen molar-refractivity contribution < 1.29 is 9.53 Å². The summed E-state index contributed by atoms with van der Waals surface area (Å²) in [7, 11) is 0. The summed E-state index contributed by atoms with van der Waals surface area (Å²) in [5.41, 5.74) is 1.78. The van der Waals surface area contributed by atoms with Crippen molar-refractivity contribution in [2.75, 3.05) is 11.9 Å². The molecule has 2 aromatic rings. The van der Waals surface area contributed by atoms with Crippen molar-refractivity contribution in [3.8, 4) is 5.75 Å². The number of anilines is 1. The number of ether oxygens (including phenoxy) is 1. The SMILES string of the molecule is Cc1ccc(NC(=O)COc2c(Cl)cccc2Cl)c(Br)c1. The minimum atomic E-state index is -0.296. The zero-order chi connectivity index (χ0) is 15.4. The van der Waals surface area contributed by atoms with Crippen LogP contribution < -0.4 is 10.1 Å². The molecule has 0 bridgehead atoms. The summed E-state index contributed by atoms with van der Waals surface area (Å²) in [6.45, 7) is 1.79. The average Bonchev–Trinajstić information content (AvgIpc) is 2.41. The van der Waals surface area contributed by atoms with Crippen molar-refractivity contribution >= 4 is 50.7 Å². The molecule has 0 saturated carbocycles. The Labute approximate surface area is 141 Å². The molecular formula is C15H12BrCl2NO2. The number of carbonyl (C=O) groups is 1. The Morgan fingerprint density at radius 3 is 2.52 bits per heavy atom. The molecule has 0 aliphatic heterocycles. The first kappa shape index (κ1) is 16.1. The number of halogens is 3. The Balaban J connectivity index is 1.99. The molecule has 110 valence electrons. The van der Waals surface area contributed by atoms with Gasteiger partial charge in [0.05, 0.1) is 15.7 Å². The van der Waals surface area contributed by atoms with Crippen LogP contribution in [-0.4, -0.2) is 12.5 Å². The maximum Gasteiger partial charge on any atom is 0.262 e. The summed E-state index contributed by atoms with van der Waals surface area (Å²) in [6.07, 6.45) is 0. The molecule has 1 amide bonds. The Morgan fingerprint density at radius 1 is 1.24 bits per heavy atom. The molecule has 3 nitrogen and oxygen atoms in total. The van der Waals surface area contributed by atoms with Gasteiger partial charge in [0.25, 0.3) is 5.91 Å². The molecule has 21 heavy (non-hydrogen) atoms. The molecule has 0 saturated heterocycles. The molecule has 1 N–H and O–H groups in total. The van der Waals surface area contributed by atoms with E-state index < -0.39 is 0 Å². The van der Waals surface area contributed by atoms with Crippen molar-refractivity contribution in [2.45, 2.75) is 6.92 Å². The van der Waals surface area contributed by atoms with Gasteiger partial charge in [0.1, 0.15) is 0 Å². The monoisotopic (exact) mass is 387 g/mol. The summed E-state index contributed by atoms with van der Waals surface area (Å²) < 4.78 is 6.19. The van der Waals surface area contributed by atoms with E-state index in [-0.39, 0.29) is 12.5 Å². The van der Waals surface area contributed by atoms with E-state index >= 15 is 0 Å². The number of hydrogen-bond acceptors (Lipinski definition) is 2. The number of amides is 1. The van der Waals surface area contributed by atoms with E-state index in [4.69, 9.17) is 27.9 Å². The van der Waals surface area contributed by atoms with Crippen LogP contribution in [0.15, 0.2) is 40.9 Å². The lowest BCUT2D eigenvalue weighted by Crippen LogP contribution is -2.20. The molecule has 2 rings (SSSR count). The topological polar surface area (TPSA) is 38.3 Å². The lowest BCUT2D eigenvalue weighted by atomic mass is 10.2. The van der Waals surface area contributed by atoms with Gasteiger partial charge in [-0.15, -0.1) is 0 Å². The summed E-state index contributed by atoms with van der Waals surface area (Å²) in [6, 6.07) is 10.7. The van der Waals surface area contributed by atoms with Crippen LogP contribution in [0.2, 0.25) is 10.0 Å². The van der Waals surface area contributed by atoms with Gasteiger partial charge in [-0.05, 0) is 52.7 Å². The van der Waals surface area contributed by atoms with E-state index in [1.165, 1.54) is 0 Å². The van der Waals surface area contributed by atoms with Gasteiger partial charge in [-0.3, -0.25) is 4.79 Å². The minimum absolute atomic E-state index is 0.177. The quantitative estimate of drug-likeness (QED) is 0.792.